The monoisotopic (exact) mass is 260 g/mol. The van der Waals surface area contributed by atoms with Crippen molar-refractivity contribution in [3.05, 3.63) is 36.4 Å². The van der Waals surface area contributed by atoms with Gasteiger partial charge in [-0.2, -0.15) is 0 Å². The fourth-order valence-electron chi connectivity index (χ4n) is 1.71. The number of pyridine rings is 1. The van der Waals surface area contributed by atoms with Gasteiger partial charge in [-0.05, 0) is 29.5 Å². The number of amides is 1. The number of tetrazole rings is 1. The van der Waals surface area contributed by atoms with Crippen molar-refractivity contribution in [1.29, 1.82) is 0 Å². The first-order valence-electron chi connectivity index (χ1n) is 6.06. The highest BCUT2D eigenvalue weighted by Gasteiger charge is 2.17. The second-order valence-corrected chi connectivity index (χ2v) is 4.26. The third kappa shape index (κ3) is 3.34. The third-order valence-electron chi connectivity index (χ3n) is 3.04. The minimum absolute atomic E-state index is 0.0358. The molecule has 1 atom stereocenters. The Morgan fingerprint density at radius 3 is 2.95 bits per heavy atom. The van der Waals surface area contributed by atoms with Gasteiger partial charge in [0.25, 0.3) is 0 Å². The summed E-state index contributed by atoms with van der Waals surface area (Å²) < 4.78 is 1.54. The molecule has 19 heavy (non-hydrogen) atoms. The van der Waals surface area contributed by atoms with Crippen molar-refractivity contribution in [3.63, 3.8) is 0 Å². The SMILES string of the molecule is CC(c1ccccn1)N(C)C(=O)CCn1cnnn1. The lowest BCUT2D eigenvalue weighted by molar-refractivity contribution is -0.132. The van der Waals surface area contributed by atoms with Crippen molar-refractivity contribution >= 4 is 5.91 Å². The van der Waals surface area contributed by atoms with Crippen molar-refractivity contribution in [1.82, 2.24) is 30.1 Å². The number of carbonyl (C=O) groups excluding carboxylic acids is 1. The van der Waals surface area contributed by atoms with Gasteiger partial charge >= 0.3 is 0 Å². The number of aromatic nitrogens is 5. The van der Waals surface area contributed by atoms with Crippen LogP contribution in [0.2, 0.25) is 0 Å². The highest BCUT2D eigenvalue weighted by atomic mass is 16.2. The van der Waals surface area contributed by atoms with Crippen molar-refractivity contribution in [2.45, 2.75) is 25.9 Å². The standard InChI is InChI=1S/C12H16N6O/c1-10(11-5-3-4-7-13-11)17(2)12(19)6-8-18-9-14-15-16-18/h3-5,7,9-10H,6,8H2,1-2H3. The van der Waals surface area contributed by atoms with Crippen LogP contribution in [0.3, 0.4) is 0 Å². The molecule has 1 unspecified atom stereocenters. The normalized spacial score (nSPS) is 12.1. The summed E-state index contributed by atoms with van der Waals surface area (Å²) in [5.74, 6) is 0.0358. The van der Waals surface area contributed by atoms with Gasteiger partial charge in [0.05, 0.1) is 18.3 Å². The molecular formula is C12H16N6O. The van der Waals surface area contributed by atoms with E-state index in [4.69, 9.17) is 0 Å². The maximum absolute atomic E-state index is 12.1. The largest absolute Gasteiger partial charge is 0.337 e. The van der Waals surface area contributed by atoms with E-state index in [0.717, 1.165) is 5.69 Å². The predicted molar refractivity (Wildman–Crippen MR) is 67.9 cm³/mol. The van der Waals surface area contributed by atoms with Gasteiger partial charge in [0, 0.05) is 19.7 Å². The molecule has 1 amide bonds. The van der Waals surface area contributed by atoms with Crippen molar-refractivity contribution < 1.29 is 4.79 Å². The van der Waals surface area contributed by atoms with Gasteiger partial charge in [0.2, 0.25) is 5.91 Å². The van der Waals surface area contributed by atoms with E-state index in [-0.39, 0.29) is 11.9 Å². The minimum Gasteiger partial charge on any atom is -0.337 e. The number of rotatable bonds is 5. The van der Waals surface area contributed by atoms with Gasteiger partial charge in [-0.3, -0.25) is 9.78 Å². The van der Waals surface area contributed by atoms with E-state index < -0.39 is 0 Å². The predicted octanol–water partition coefficient (Wildman–Crippen LogP) is 0.678. The maximum atomic E-state index is 12.1. The Morgan fingerprint density at radius 2 is 2.32 bits per heavy atom. The van der Waals surface area contributed by atoms with Crippen LogP contribution in [0.5, 0.6) is 0 Å². The molecule has 0 saturated carbocycles. The van der Waals surface area contributed by atoms with Crippen LogP contribution in [0, 0.1) is 0 Å². The van der Waals surface area contributed by atoms with Gasteiger partial charge in [0.15, 0.2) is 0 Å². The van der Waals surface area contributed by atoms with Crippen LogP contribution >= 0.6 is 0 Å². The molecule has 2 aromatic heterocycles. The summed E-state index contributed by atoms with van der Waals surface area (Å²) in [6.45, 7) is 2.43. The molecule has 0 fully saturated rings. The summed E-state index contributed by atoms with van der Waals surface area (Å²) in [4.78, 5) is 18.0. The lowest BCUT2D eigenvalue weighted by Crippen LogP contribution is -2.30. The molecule has 7 nitrogen and oxygen atoms in total. The zero-order valence-corrected chi connectivity index (χ0v) is 11.0. The van der Waals surface area contributed by atoms with Crippen LogP contribution in [0.1, 0.15) is 25.1 Å². The molecule has 0 aliphatic rings. The van der Waals surface area contributed by atoms with E-state index in [9.17, 15) is 4.79 Å². The Hall–Kier alpha value is -2.31. The molecule has 7 heteroatoms. The summed E-state index contributed by atoms with van der Waals surface area (Å²) in [5.41, 5.74) is 0.876. The zero-order valence-electron chi connectivity index (χ0n) is 11.0. The Balaban J connectivity index is 1.91. The minimum atomic E-state index is -0.0532. The summed E-state index contributed by atoms with van der Waals surface area (Å²) in [6.07, 6.45) is 3.58. The van der Waals surface area contributed by atoms with E-state index in [0.29, 0.717) is 13.0 Å². The topological polar surface area (TPSA) is 76.8 Å². The quantitative estimate of drug-likeness (QED) is 0.790. The zero-order chi connectivity index (χ0) is 13.7. The van der Waals surface area contributed by atoms with Crippen molar-refractivity contribution in [2.75, 3.05) is 7.05 Å². The fraction of sp³-hybridized carbons (Fsp3) is 0.417. The lowest BCUT2D eigenvalue weighted by Gasteiger charge is -2.24. The van der Waals surface area contributed by atoms with Crippen molar-refractivity contribution in [2.24, 2.45) is 0 Å². The van der Waals surface area contributed by atoms with Crippen LogP contribution < -0.4 is 0 Å². The molecule has 0 aliphatic heterocycles. The first kappa shape index (κ1) is 13.1. The molecule has 2 heterocycles. The average Bonchev–Trinajstić information content (AvgIpc) is 2.97. The van der Waals surface area contributed by atoms with Gasteiger partial charge in [-0.25, -0.2) is 4.68 Å². The molecule has 2 aromatic rings. The smallest absolute Gasteiger partial charge is 0.224 e. The number of carbonyl (C=O) groups is 1. The lowest BCUT2D eigenvalue weighted by atomic mass is 10.2. The molecule has 0 bridgehead atoms. The summed E-state index contributed by atoms with van der Waals surface area (Å²) >= 11 is 0. The number of hydrogen-bond donors (Lipinski definition) is 0. The third-order valence-corrected chi connectivity index (χ3v) is 3.04. The van der Waals surface area contributed by atoms with Gasteiger partial charge in [-0.1, -0.05) is 6.07 Å². The second-order valence-electron chi connectivity index (χ2n) is 4.26. The van der Waals surface area contributed by atoms with Crippen LogP contribution in [0.4, 0.5) is 0 Å². The highest BCUT2D eigenvalue weighted by Crippen LogP contribution is 2.16. The molecule has 0 spiro atoms. The van der Waals surface area contributed by atoms with E-state index in [2.05, 4.69) is 20.5 Å². The molecule has 100 valence electrons. The van der Waals surface area contributed by atoms with Crippen molar-refractivity contribution in [3.8, 4) is 0 Å². The summed E-state index contributed by atoms with van der Waals surface area (Å²) in [7, 11) is 1.78. The van der Waals surface area contributed by atoms with E-state index in [1.165, 1.54) is 11.0 Å². The van der Waals surface area contributed by atoms with Gasteiger partial charge < -0.3 is 4.90 Å². The Kier molecular flexibility index (Phi) is 4.17. The van der Waals surface area contributed by atoms with Gasteiger partial charge in [0.1, 0.15) is 6.33 Å². The Labute approximate surface area is 111 Å². The molecule has 2 rings (SSSR count). The van der Waals surface area contributed by atoms with Crippen LogP contribution in [0.25, 0.3) is 0 Å². The highest BCUT2D eigenvalue weighted by molar-refractivity contribution is 5.76. The van der Waals surface area contributed by atoms with E-state index in [1.54, 1.807) is 18.1 Å². The molecule has 0 aromatic carbocycles. The molecule has 0 N–H and O–H groups in total. The first-order chi connectivity index (χ1) is 9.18. The maximum Gasteiger partial charge on any atom is 0.224 e. The second kappa shape index (κ2) is 6.03. The fourth-order valence-corrected chi connectivity index (χ4v) is 1.71. The number of nitrogens with zero attached hydrogens (tertiary/aromatic N) is 6. The summed E-state index contributed by atoms with van der Waals surface area (Å²) in [6, 6.07) is 5.63. The first-order valence-corrected chi connectivity index (χ1v) is 6.06. The Morgan fingerprint density at radius 1 is 1.47 bits per heavy atom. The van der Waals surface area contributed by atoms with E-state index in [1.807, 2.05) is 25.1 Å². The molecule has 0 saturated heterocycles. The molecule has 0 aliphatic carbocycles. The van der Waals surface area contributed by atoms with Crippen LogP contribution in [-0.4, -0.2) is 43.0 Å². The van der Waals surface area contributed by atoms with E-state index >= 15 is 0 Å². The number of hydrogen-bond acceptors (Lipinski definition) is 5. The summed E-state index contributed by atoms with van der Waals surface area (Å²) in [5, 5.41) is 10.8. The number of aryl methyl sites for hydroxylation is 1. The molecule has 0 radical (unpaired) electrons. The average molecular weight is 260 g/mol. The van der Waals surface area contributed by atoms with Gasteiger partial charge in [-0.15, -0.1) is 5.10 Å². The Bertz CT molecular complexity index is 512. The van der Waals surface area contributed by atoms with Crippen LogP contribution in [-0.2, 0) is 11.3 Å². The van der Waals surface area contributed by atoms with Crippen LogP contribution in [0.15, 0.2) is 30.7 Å². The molecular weight excluding hydrogens is 244 g/mol.